The summed E-state index contributed by atoms with van der Waals surface area (Å²) in [4.78, 5) is 13.1. The molecule has 86 valence electrons. The van der Waals surface area contributed by atoms with Crippen LogP contribution in [0, 0.1) is 6.92 Å². The van der Waals surface area contributed by atoms with Gasteiger partial charge in [-0.1, -0.05) is 17.7 Å². The monoisotopic (exact) mass is 219 g/mol. The smallest absolute Gasteiger partial charge is 0.326 e. The van der Waals surface area contributed by atoms with Crippen LogP contribution in [0.3, 0.4) is 0 Å². The number of benzene rings is 1. The van der Waals surface area contributed by atoms with Crippen LogP contribution in [-0.2, 0) is 11.2 Å². The maximum absolute atomic E-state index is 11.2. The van der Waals surface area contributed by atoms with Crippen molar-refractivity contribution >= 4 is 11.7 Å². The number of carbonyl (C=O) groups is 1. The van der Waals surface area contributed by atoms with Gasteiger partial charge < -0.3 is 10.0 Å². The first-order chi connectivity index (χ1) is 7.63. The fourth-order valence-corrected chi connectivity index (χ4v) is 2.46. The molecule has 16 heavy (non-hydrogen) atoms. The van der Waals surface area contributed by atoms with E-state index in [1.165, 1.54) is 11.1 Å². The Kier molecular flexibility index (Phi) is 2.86. The number of aryl methyl sites for hydroxylation is 2. The van der Waals surface area contributed by atoms with E-state index in [4.69, 9.17) is 0 Å². The van der Waals surface area contributed by atoms with E-state index in [9.17, 15) is 9.90 Å². The Morgan fingerprint density at radius 3 is 2.94 bits per heavy atom. The van der Waals surface area contributed by atoms with E-state index in [-0.39, 0.29) is 6.04 Å². The van der Waals surface area contributed by atoms with Crippen LogP contribution in [0.15, 0.2) is 18.2 Å². The van der Waals surface area contributed by atoms with Gasteiger partial charge in [-0.05, 0) is 38.3 Å². The second kappa shape index (κ2) is 4.16. The Morgan fingerprint density at radius 2 is 2.31 bits per heavy atom. The molecule has 0 bridgehead atoms. The van der Waals surface area contributed by atoms with Crippen LogP contribution >= 0.6 is 0 Å². The first-order valence-corrected chi connectivity index (χ1v) is 5.72. The van der Waals surface area contributed by atoms with Gasteiger partial charge in [-0.15, -0.1) is 0 Å². The number of likely N-dealkylation sites (N-methyl/N-ethyl adjacent to an activating group) is 1. The van der Waals surface area contributed by atoms with Gasteiger partial charge in [-0.25, -0.2) is 4.79 Å². The third-order valence-electron chi connectivity index (χ3n) is 3.23. The number of anilines is 1. The number of hydrogen-bond donors (Lipinski definition) is 1. The van der Waals surface area contributed by atoms with Gasteiger partial charge in [0, 0.05) is 12.2 Å². The second-order valence-corrected chi connectivity index (χ2v) is 4.31. The predicted molar refractivity (Wildman–Crippen MR) is 63.9 cm³/mol. The molecular formula is C13H17NO2. The molecule has 0 saturated carbocycles. The van der Waals surface area contributed by atoms with E-state index in [1.54, 1.807) is 0 Å². The van der Waals surface area contributed by atoms with Crippen molar-refractivity contribution in [2.24, 2.45) is 0 Å². The number of aliphatic carboxylic acids is 1. The number of carboxylic acids is 1. The molecule has 1 aromatic rings. The van der Waals surface area contributed by atoms with Crippen molar-refractivity contribution in [2.75, 3.05) is 11.4 Å². The highest BCUT2D eigenvalue weighted by Gasteiger charge is 2.29. The molecule has 1 N–H and O–H groups in total. The molecule has 1 unspecified atom stereocenters. The molecule has 0 spiro atoms. The summed E-state index contributed by atoms with van der Waals surface area (Å²) >= 11 is 0. The average Bonchev–Trinajstić information content (AvgIpc) is 2.26. The van der Waals surface area contributed by atoms with Crippen molar-refractivity contribution in [3.63, 3.8) is 0 Å². The summed E-state index contributed by atoms with van der Waals surface area (Å²) in [7, 11) is 0. The fourth-order valence-electron chi connectivity index (χ4n) is 2.46. The van der Waals surface area contributed by atoms with E-state index in [0.717, 1.165) is 18.7 Å². The molecule has 0 fully saturated rings. The molecule has 1 aliphatic rings. The van der Waals surface area contributed by atoms with Gasteiger partial charge in [-0.2, -0.15) is 0 Å². The van der Waals surface area contributed by atoms with Gasteiger partial charge >= 0.3 is 5.97 Å². The van der Waals surface area contributed by atoms with Crippen LogP contribution < -0.4 is 4.90 Å². The first kappa shape index (κ1) is 11.0. The Hall–Kier alpha value is -1.51. The number of rotatable bonds is 2. The summed E-state index contributed by atoms with van der Waals surface area (Å²) in [6, 6.07) is 5.89. The van der Waals surface area contributed by atoms with Gasteiger partial charge in [-0.3, -0.25) is 0 Å². The summed E-state index contributed by atoms with van der Waals surface area (Å²) in [5.41, 5.74) is 3.61. The quantitative estimate of drug-likeness (QED) is 0.829. The van der Waals surface area contributed by atoms with Crippen LogP contribution in [-0.4, -0.2) is 23.7 Å². The highest BCUT2D eigenvalue weighted by Crippen LogP contribution is 2.31. The molecular weight excluding hydrogens is 202 g/mol. The zero-order valence-corrected chi connectivity index (χ0v) is 9.73. The Balaban J connectivity index is 2.41. The van der Waals surface area contributed by atoms with E-state index in [1.807, 2.05) is 24.0 Å². The minimum absolute atomic E-state index is 0.361. The highest BCUT2D eigenvalue weighted by molar-refractivity contribution is 5.80. The fraction of sp³-hybridized carbons (Fsp3) is 0.462. The number of fused-ring (bicyclic) bond motifs is 1. The van der Waals surface area contributed by atoms with E-state index in [0.29, 0.717) is 6.42 Å². The van der Waals surface area contributed by atoms with Gasteiger partial charge in [0.2, 0.25) is 0 Å². The third-order valence-corrected chi connectivity index (χ3v) is 3.23. The molecule has 1 atom stereocenters. The SMILES string of the molecule is CCN1c2ccc(C)cc2CCC1C(=O)O. The summed E-state index contributed by atoms with van der Waals surface area (Å²) in [6.07, 6.45) is 1.57. The van der Waals surface area contributed by atoms with Gasteiger partial charge in [0.25, 0.3) is 0 Å². The Morgan fingerprint density at radius 1 is 1.56 bits per heavy atom. The molecule has 0 amide bonds. The van der Waals surface area contributed by atoms with Gasteiger partial charge in [0.1, 0.15) is 6.04 Å². The zero-order chi connectivity index (χ0) is 11.7. The molecule has 1 aromatic carbocycles. The number of hydrogen-bond acceptors (Lipinski definition) is 2. The number of carboxylic acid groups (broad SMARTS) is 1. The van der Waals surface area contributed by atoms with Crippen molar-refractivity contribution in [1.82, 2.24) is 0 Å². The van der Waals surface area contributed by atoms with Crippen LogP contribution in [0.1, 0.15) is 24.5 Å². The Labute approximate surface area is 95.7 Å². The standard InChI is InChI=1S/C13H17NO2/c1-3-14-11-6-4-9(2)8-10(11)5-7-12(14)13(15)16/h4,6,8,12H,3,5,7H2,1-2H3,(H,15,16). The molecule has 2 rings (SSSR count). The molecule has 0 radical (unpaired) electrons. The summed E-state index contributed by atoms with van der Waals surface area (Å²) in [5, 5.41) is 9.18. The lowest BCUT2D eigenvalue weighted by molar-refractivity contribution is -0.138. The normalized spacial score (nSPS) is 19.4. The highest BCUT2D eigenvalue weighted by atomic mass is 16.4. The topological polar surface area (TPSA) is 40.5 Å². The minimum atomic E-state index is -0.715. The van der Waals surface area contributed by atoms with E-state index in [2.05, 4.69) is 13.0 Å². The summed E-state index contributed by atoms with van der Waals surface area (Å²) < 4.78 is 0. The largest absolute Gasteiger partial charge is 0.480 e. The third kappa shape index (κ3) is 1.77. The molecule has 3 heteroatoms. The first-order valence-electron chi connectivity index (χ1n) is 5.72. The minimum Gasteiger partial charge on any atom is -0.480 e. The van der Waals surface area contributed by atoms with Crippen LogP contribution in [0.2, 0.25) is 0 Å². The maximum atomic E-state index is 11.2. The van der Waals surface area contributed by atoms with Crippen molar-refractivity contribution in [1.29, 1.82) is 0 Å². The Bertz CT molecular complexity index is 414. The van der Waals surface area contributed by atoms with Crippen LogP contribution in [0.4, 0.5) is 5.69 Å². The molecule has 0 aliphatic carbocycles. The van der Waals surface area contributed by atoms with Gasteiger partial charge in [0.15, 0.2) is 0 Å². The maximum Gasteiger partial charge on any atom is 0.326 e. The molecule has 1 heterocycles. The zero-order valence-electron chi connectivity index (χ0n) is 9.73. The van der Waals surface area contributed by atoms with Crippen molar-refractivity contribution < 1.29 is 9.90 Å². The summed E-state index contributed by atoms with van der Waals surface area (Å²) in [5.74, 6) is -0.715. The molecule has 1 aliphatic heterocycles. The van der Waals surface area contributed by atoms with Crippen molar-refractivity contribution in [3.05, 3.63) is 29.3 Å². The lowest BCUT2D eigenvalue weighted by Gasteiger charge is -2.35. The average molecular weight is 219 g/mol. The predicted octanol–water partition coefficient (Wildman–Crippen LogP) is 2.22. The van der Waals surface area contributed by atoms with E-state index < -0.39 is 5.97 Å². The second-order valence-electron chi connectivity index (χ2n) is 4.31. The lowest BCUT2D eigenvalue weighted by Crippen LogP contribution is -2.44. The number of nitrogens with zero attached hydrogens (tertiary/aromatic N) is 1. The van der Waals surface area contributed by atoms with Crippen LogP contribution in [0.25, 0.3) is 0 Å². The van der Waals surface area contributed by atoms with Crippen molar-refractivity contribution in [2.45, 2.75) is 32.7 Å². The van der Waals surface area contributed by atoms with Gasteiger partial charge in [0.05, 0.1) is 0 Å². The lowest BCUT2D eigenvalue weighted by atomic mass is 9.94. The van der Waals surface area contributed by atoms with E-state index >= 15 is 0 Å². The van der Waals surface area contributed by atoms with Crippen LogP contribution in [0.5, 0.6) is 0 Å². The molecule has 3 nitrogen and oxygen atoms in total. The molecule has 0 aromatic heterocycles. The summed E-state index contributed by atoms with van der Waals surface area (Å²) in [6.45, 7) is 4.82. The molecule has 0 saturated heterocycles. The van der Waals surface area contributed by atoms with Crippen molar-refractivity contribution in [3.8, 4) is 0 Å².